The monoisotopic (exact) mass is 393 g/mol. The van der Waals surface area contributed by atoms with E-state index in [2.05, 4.69) is 5.32 Å². The lowest BCUT2D eigenvalue weighted by atomic mass is 10.0. The van der Waals surface area contributed by atoms with Crippen molar-refractivity contribution in [1.82, 2.24) is 15.1 Å². The number of rotatable bonds is 5. The van der Waals surface area contributed by atoms with Crippen LogP contribution < -0.4 is 5.32 Å². The van der Waals surface area contributed by atoms with E-state index in [1.54, 1.807) is 23.1 Å². The first-order chi connectivity index (χ1) is 12.9. The fourth-order valence-corrected chi connectivity index (χ4v) is 5.40. The molecule has 2 amide bonds. The Labute approximate surface area is 160 Å². The number of piperazine rings is 1. The fraction of sp³-hybridized carbons (Fsp3) is 0.579. The van der Waals surface area contributed by atoms with Gasteiger partial charge >= 0.3 is 0 Å². The summed E-state index contributed by atoms with van der Waals surface area (Å²) in [6.07, 6.45) is 2.17. The average molecular weight is 394 g/mol. The fourth-order valence-electron chi connectivity index (χ4n) is 3.86. The van der Waals surface area contributed by atoms with Gasteiger partial charge in [-0.05, 0) is 31.4 Å². The van der Waals surface area contributed by atoms with Crippen molar-refractivity contribution in [2.45, 2.75) is 37.1 Å². The maximum atomic E-state index is 13.1. The van der Waals surface area contributed by atoms with E-state index in [1.807, 2.05) is 11.8 Å². The predicted octanol–water partition coefficient (Wildman–Crippen LogP) is 0.907. The molecule has 1 unspecified atom stereocenters. The van der Waals surface area contributed by atoms with Gasteiger partial charge in [-0.25, -0.2) is 8.42 Å². The normalized spacial score (nSPS) is 21.4. The highest BCUT2D eigenvalue weighted by Crippen LogP contribution is 2.23. The summed E-state index contributed by atoms with van der Waals surface area (Å²) >= 11 is 0. The highest BCUT2D eigenvalue weighted by Gasteiger charge is 2.33. The number of benzene rings is 1. The van der Waals surface area contributed by atoms with E-state index in [0.717, 1.165) is 19.4 Å². The second-order valence-corrected chi connectivity index (χ2v) is 9.20. The van der Waals surface area contributed by atoms with E-state index in [4.69, 9.17) is 0 Å². The number of nitrogens with one attached hydrogen (secondary N) is 1. The van der Waals surface area contributed by atoms with Gasteiger partial charge in [0.2, 0.25) is 5.91 Å². The van der Waals surface area contributed by atoms with Crippen LogP contribution in [-0.4, -0.2) is 74.6 Å². The summed E-state index contributed by atoms with van der Waals surface area (Å²) in [5.41, 5.74) is 0.234. The Morgan fingerprint density at radius 3 is 2.78 bits per heavy atom. The summed E-state index contributed by atoms with van der Waals surface area (Å²) in [7, 11) is -3.49. The van der Waals surface area contributed by atoms with Gasteiger partial charge < -0.3 is 15.1 Å². The van der Waals surface area contributed by atoms with Crippen LogP contribution in [0.2, 0.25) is 0 Å². The lowest BCUT2D eigenvalue weighted by Crippen LogP contribution is -2.57. The van der Waals surface area contributed by atoms with Gasteiger partial charge in [-0.1, -0.05) is 19.1 Å². The lowest BCUT2D eigenvalue weighted by molar-refractivity contribution is -0.135. The van der Waals surface area contributed by atoms with Crippen LogP contribution in [0.1, 0.15) is 36.5 Å². The molecule has 2 aliphatic heterocycles. The minimum atomic E-state index is -3.49. The topological polar surface area (TPSA) is 86.8 Å². The second-order valence-electron chi connectivity index (χ2n) is 7.13. The summed E-state index contributed by atoms with van der Waals surface area (Å²) in [4.78, 5) is 29.0. The maximum Gasteiger partial charge on any atom is 0.255 e. The number of hydrogen-bond acceptors (Lipinski definition) is 5. The van der Waals surface area contributed by atoms with Gasteiger partial charge in [-0.15, -0.1) is 0 Å². The molecular formula is C19H27N3O4S. The number of amides is 2. The van der Waals surface area contributed by atoms with Gasteiger partial charge in [0.15, 0.2) is 9.84 Å². The van der Waals surface area contributed by atoms with E-state index < -0.39 is 9.84 Å². The molecule has 8 heteroatoms. The standard InChI is InChI=1S/C19H27N3O4S/c1-2-12-27(25,26)17-8-4-3-7-16(17)19(24)21-10-5-6-15(14-21)22-11-9-20-13-18(22)23/h3-4,7-8,15,20H,2,5-6,9-14H2,1H3. The molecule has 1 aromatic rings. The number of hydrogen-bond donors (Lipinski definition) is 1. The molecule has 27 heavy (non-hydrogen) atoms. The van der Waals surface area contributed by atoms with Crippen LogP contribution in [0.15, 0.2) is 29.2 Å². The summed E-state index contributed by atoms with van der Waals surface area (Å²) in [6, 6.07) is 6.44. The van der Waals surface area contributed by atoms with Crippen molar-refractivity contribution in [3.63, 3.8) is 0 Å². The van der Waals surface area contributed by atoms with Crippen molar-refractivity contribution >= 4 is 21.7 Å². The van der Waals surface area contributed by atoms with Crippen molar-refractivity contribution in [2.24, 2.45) is 0 Å². The first-order valence-corrected chi connectivity index (χ1v) is 11.2. The third-order valence-electron chi connectivity index (χ3n) is 5.18. The molecule has 0 aliphatic carbocycles. The van der Waals surface area contributed by atoms with Crippen LogP contribution in [0.5, 0.6) is 0 Å². The number of carbonyl (C=O) groups is 2. The first kappa shape index (κ1) is 19.8. The minimum Gasteiger partial charge on any atom is -0.337 e. The molecule has 2 saturated heterocycles. The lowest BCUT2D eigenvalue weighted by Gasteiger charge is -2.41. The zero-order valence-electron chi connectivity index (χ0n) is 15.7. The van der Waals surface area contributed by atoms with Crippen molar-refractivity contribution < 1.29 is 18.0 Å². The van der Waals surface area contributed by atoms with E-state index in [9.17, 15) is 18.0 Å². The number of piperidine rings is 1. The van der Waals surface area contributed by atoms with Gasteiger partial charge in [0.05, 0.1) is 22.8 Å². The van der Waals surface area contributed by atoms with E-state index >= 15 is 0 Å². The Morgan fingerprint density at radius 2 is 2.04 bits per heavy atom. The number of likely N-dealkylation sites (tertiary alicyclic amines) is 1. The molecule has 0 radical (unpaired) electrons. The quantitative estimate of drug-likeness (QED) is 0.803. The van der Waals surface area contributed by atoms with Crippen LogP contribution >= 0.6 is 0 Å². The third kappa shape index (κ3) is 4.32. The zero-order valence-corrected chi connectivity index (χ0v) is 16.5. The molecule has 2 heterocycles. The Balaban J connectivity index is 1.81. The van der Waals surface area contributed by atoms with Gasteiger partial charge in [0.25, 0.3) is 5.91 Å². The molecule has 1 N–H and O–H groups in total. The maximum absolute atomic E-state index is 13.1. The van der Waals surface area contributed by atoms with E-state index in [-0.39, 0.29) is 34.1 Å². The Kier molecular flexibility index (Phi) is 6.16. The second kappa shape index (κ2) is 8.39. The minimum absolute atomic E-state index is 0.00305. The van der Waals surface area contributed by atoms with Crippen molar-refractivity contribution in [3.05, 3.63) is 29.8 Å². The SMILES string of the molecule is CCCS(=O)(=O)c1ccccc1C(=O)N1CCCC(N2CCNCC2=O)C1. The smallest absolute Gasteiger partial charge is 0.255 e. The first-order valence-electron chi connectivity index (χ1n) is 9.55. The molecule has 0 saturated carbocycles. The molecule has 1 aromatic carbocycles. The molecule has 148 valence electrons. The van der Waals surface area contributed by atoms with Crippen LogP contribution in [-0.2, 0) is 14.6 Å². The van der Waals surface area contributed by atoms with Crippen molar-refractivity contribution in [3.8, 4) is 0 Å². The zero-order chi connectivity index (χ0) is 19.4. The number of sulfone groups is 1. The molecule has 2 fully saturated rings. The molecule has 0 bridgehead atoms. The number of carbonyl (C=O) groups excluding carboxylic acids is 2. The van der Waals surface area contributed by atoms with Gasteiger partial charge in [-0.2, -0.15) is 0 Å². The Hall–Kier alpha value is -1.93. The predicted molar refractivity (Wildman–Crippen MR) is 102 cm³/mol. The average Bonchev–Trinajstić information content (AvgIpc) is 2.68. The largest absolute Gasteiger partial charge is 0.337 e. The molecule has 2 aliphatic rings. The summed E-state index contributed by atoms with van der Waals surface area (Å²) in [6.45, 7) is 4.58. The van der Waals surface area contributed by atoms with Crippen molar-refractivity contribution in [1.29, 1.82) is 0 Å². The molecule has 7 nitrogen and oxygen atoms in total. The van der Waals surface area contributed by atoms with Crippen LogP contribution in [0.3, 0.4) is 0 Å². The molecule has 0 spiro atoms. The van der Waals surface area contributed by atoms with Crippen molar-refractivity contribution in [2.75, 3.05) is 38.5 Å². The van der Waals surface area contributed by atoms with Crippen LogP contribution in [0.4, 0.5) is 0 Å². The molecule has 0 aromatic heterocycles. The highest BCUT2D eigenvalue weighted by molar-refractivity contribution is 7.91. The van der Waals surface area contributed by atoms with Gasteiger partial charge in [0.1, 0.15) is 0 Å². The van der Waals surface area contributed by atoms with Gasteiger partial charge in [-0.3, -0.25) is 9.59 Å². The molecule has 3 rings (SSSR count). The van der Waals surface area contributed by atoms with E-state index in [1.165, 1.54) is 6.07 Å². The summed E-state index contributed by atoms with van der Waals surface area (Å²) in [5.74, 6) is -0.182. The summed E-state index contributed by atoms with van der Waals surface area (Å²) in [5, 5.41) is 3.06. The number of nitrogens with zero attached hydrogens (tertiary/aromatic N) is 2. The van der Waals surface area contributed by atoms with Crippen LogP contribution in [0, 0.1) is 0 Å². The summed E-state index contributed by atoms with van der Waals surface area (Å²) < 4.78 is 25.1. The Morgan fingerprint density at radius 1 is 1.26 bits per heavy atom. The molecular weight excluding hydrogens is 366 g/mol. The van der Waals surface area contributed by atoms with Crippen LogP contribution in [0.25, 0.3) is 0 Å². The third-order valence-corrected chi connectivity index (χ3v) is 7.15. The highest BCUT2D eigenvalue weighted by atomic mass is 32.2. The van der Waals surface area contributed by atoms with E-state index in [0.29, 0.717) is 32.6 Å². The molecule has 1 atom stereocenters. The van der Waals surface area contributed by atoms with Gasteiger partial charge in [0, 0.05) is 32.2 Å². The Bertz CT molecular complexity index is 809.